The van der Waals surface area contributed by atoms with E-state index in [1.807, 2.05) is 13.0 Å². The number of carbonyl (C=O) groups excluding carboxylic acids is 1. The van der Waals surface area contributed by atoms with Gasteiger partial charge in [-0.05, 0) is 13.3 Å². The number of rotatable bonds is 4. The Balaban J connectivity index is 3.41. The molecule has 1 amide bonds. The van der Waals surface area contributed by atoms with Crippen LogP contribution in [0, 0.1) is 11.3 Å². The number of unbranched alkanes of at least 4 members (excludes halogenated alkanes) is 1. The topological polar surface area (TPSA) is 62.1 Å². The third kappa shape index (κ3) is 5.54. The number of hydrogen-bond donors (Lipinski definition) is 1. The van der Waals surface area contributed by atoms with E-state index < -0.39 is 12.1 Å². The fourth-order valence-corrected chi connectivity index (χ4v) is 0.560. The summed E-state index contributed by atoms with van der Waals surface area (Å²) in [6.45, 7) is 4.03. The lowest BCUT2D eigenvalue weighted by Gasteiger charge is -2.06. The molecule has 0 bridgehead atoms. The first-order valence-electron chi connectivity index (χ1n) is 4.03. The van der Waals surface area contributed by atoms with Crippen molar-refractivity contribution in [2.24, 2.45) is 0 Å². The summed E-state index contributed by atoms with van der Waals surface area (Å²) >= 11 is 0. The van der Waals surface area contributed by atoms with E-state index in [2.05, 4.69) is 5.32 Å². The van der Waals surface area contributed by atoms with Crippen molar-refractivity contribution in [3.05, 3.63) is 0 Å². The molecule has 0 radical (unpaired) electrons. The average molecular weight is 170 g/mol. The number of ether oxygens (including phenoxy) is 1. The molecule has 0 saturated heterocycles. The summed E-state index contributed by atoms with van der Waals surface area (Å²) in [4.78, 5) is 10.8. The van der Waals surface area contributed by atoms with Crippen molar-refractivity contribution < 1.29 is 9.53 Å². The van der Waals surface area contributed by atoms with Gasteiger partial charge in [-0.1, -0.05) is 13.3 Å². The summed E-state index contributed by atoms with van der Waals surface area (Å²) in [5, 5.41) is 10.7. The van der Waals surface area contributed by atoms with Crippen molar-refractivity contribution in [1.82, 2.24) is 5.32 Å². The minimum absolute atomic E-state index is 0.417. The standard InChI is InChI=1S/C8H14N2O2/c1-3-4-5-12-8(11)10-7(2)6-9/h7H,3-5H2,1-2H3,(H,10,11). The van der Waals surface area contributed by atoms with Gasteiger partial charge in [0.15, 0.2) is 0 Å². The zero-order valence-electron chi connectivity index (χ0n) is 7.46. The molecule has 0 fully saturated rings. The van der Waals surface area contributed by atoms with Gasteiger partial charge in [-0.15, -0.1) is 0 Å². The molecule has 0 aromatic heterocycles. The van der Waals surface area contributed by atoms with Crippen LogP contribution in [0.2, 0.25) is 0 Å². The first-order valence-corrected chi connectivity index (χ1v) is 4.03. The molecule has 0 aliphatic heterocycles. The van der Waals surface area contributed by atoms with Crippen molar-refractivity contribution in [3.63, 3.8) is 0 Å². The molecular formula is C8H14N2O2. The fourth-order valence-electron chi connectivity index (χ4n) is 0.560. The van der Waals surface area contributed by atoms with Gasteiger partial charge in [0.25, 0.3) is 0 Å². The molecule has 4 nitrogen and oxygen atoms in total. The molecular weight excluding hydrogens is 156 g/mol. The Morgan fingerprint density at radius 2 is 2.42 bits per heavy atom. The zero-order chi connectivity index (χ0) is 9.40. The van der Waals surface area contributed by atoms with Gasteiger partial charge in [-0.2, -0.15) is 5.26 Å². The maximum atomic E-state index is 10.8. The second-order valence-electron chi connectivity index (χ2n) is 2.48. The van der Waals surface area contributed by atoms with E-state index in [0.717, 1.165) is 12.8 Å². The predicted octanol–water partition coefficient (Wildman–Crippen LogP) is 1.42. The predicted molar refractivity (Wildman–Crippen MR) is 44.5 cm³/mol. The van der Waals surface area contributed by atoms with Crippen molar-refractivity contribution in [2.45, 2.75) is 32.7 Å². The summed E-state index contributed by atoms with van der Waals surface area (Å²) in [6, 6.07) is 1.39. The molecule has 0 aliphatic rings. The van der Waals surface area contributed by atoms with Crippen LogP contribution >= 0.6 is 0 Å². The molecule has 0 saturated carbocycles. The number of hydrogen-bond acceptors (Lipinski definition) is 3. The Labute approximate surface area is 72.5 Å². The highest BCUT2D eigenvalue weighted by molar-refractivity contribution is 5.67. The summed E-state index contributed by atoms with van der Waals surface area (Å²) < 4.78 is 4.75. The van der Waals surface area contributed by atoms with Crippen LogP contribution in [-0.4, -0.2) is 18.7 Å². The monoisotopic (exact) mass is 170 g/mol. The van der Waals surface area contributed by atoms with E-state index in [1.165, 1.54) is 0 Å². The summed E-state index contributed by atoms with van der Waals surface area (Å²) in [5.74, 6) is 0. The molecule has 1 unspecified atom stereocenters. The number of nitrogens with zero attached hydrogens (tertiary/aromatic N) is 1. The van der Waals surface area contributed by atoms with Crippen LogP contribution in [0.3, 0.4) is 0 Å². The van der Waals surface area contributed by atoms with Gasteiger partial charge in [0, 0.05) is 0 Å². The van der Waals surface area contributed by atoms with Crippen LogP contribution in [-0.2, 0) is 4.74 Å². The number of carbonyl (C=O) groups is 1. The molecule has 68 valence electrons. The fraction of sp³-hybridized carbons (Fsp3) is 0.750. The SMILES string of the molecule is CCCCOC(=O)NC(C)C#N. The van der Waals surface area contributed by atoms with Gasteiger partial charge < -0.3 is 10.1 Å². The molecule has 1 N–H and O–H groups in total. The first-order chi connectivity index (χ1) is 5.70. The lowest BCUT2D eigenvalue weighted by atomic mass is 10.4. The summed E-state index contributed by atoms with van der Waals surface area (Å²) in [5.41, 5.74) is 0. The van der Waals surface area contributed by atoms with Gasteiger partial charge in [0.1, 0.15) is 6.04 Å². The Morgan fingerprint density at radius 3 is 2.92 bits per heavy atom. The highest BCUT2D eigenvalue weighted by Gasteiger charge is 2.05. The molecule has 1 atom stereocenters. The lowest BCUT2D eigenvalue weighted by molar-refractivity contribution is 0.143. The van der Waals surface area contributed by atoms with Crippen LogP contribution in [0.5, 0.6) is 0 Å². The van der Waals surface area contributed by atoms with Crippen molar-refractivity contribution in [2.75, 3.05) is 6.61 Å². The van der Waals surface area contributed by atoms with Gasteiger partial charge in [0.05, 0.1) is 12.7 Å². The molecule has 0 spiro atoms. The molecule has 0 aromatic rings. The number of alkyl carbamates (subject to hydrolysis) is 1. The third-order valence-electron chi connectivity index (χ3n) is 1.26. The molecule has 0 heterocycles. The van der Waals surface area contributed by atoms with Gasteiger partial charge in [0.2, 0.25) is 0 Å². The van der Waals surface area contributed by atoms with Crippen LogP contribution in [0.1, 0.15) is 26.7 Å². The average Bonchev–Trinajstić information content (AvgIpc) is 2.05. The van der Waals surface area contributed by atoms with Gasteiger partial charge in [-0.3, -0.25) is 0 Å². The summed E-state index contributed by atoms with van der Waals surface area (Å²) in [6.07, 6.45) is 1.33. The van der Waals surface area contributed by atoms with Crippen molar-refractivity contribution in [3.8, 4) is 6.07 Å². The summed E-state index contributed by atoms with van der Waals surface area (Å²) in [7, 11) is 0. The van der Waals surface area contributed by atoms with E-state index >= 15 is 0 Å². The maximum Gasteiger partial charge on any atom is 0.408 e. The van der Waals surface area contributed by atoms with Crippen LogP contribution in [0.15, 0.2) is 0 Å². The molecule has 4 heteroatoms. The molecule has 0 rings (SSSR count). The van der Waals surface area contributed by atoms with E-state index in [9.17, 15) is 4.79 Å². The second-order valence-corrected chi connectivity index (χ2v) is 2.48. The molecule has 0 aromatic carbocycles. The second kappa shape index (κ2) is 6.47. The lowest BCUT2D eigenvalue weighted by Crippen LogP contribution is -2.32. The van der Waals surface area contributed by atoms with Crippen molar-refractivity contribution in [1.29, 1.82) is 5.26 Å². The quantitative estimate of drug-likeness (QED) is 0.649. The smallest absolute Gasteiger partial charge is 0.408 e. The van der Waals surface area contributed by atoms with Gasteiger partial charge >= 0.3 is 6.09 Å². The Bertz CT molecular complexity index is 174. The minimum Gasteiger partial charge on any atom is -0.450 e. The van der Waals surface area contributed by atoms with Crippen LogP contribution in [0.25, 0.3) is 0 Å². The first kappa shape index (κ1) is 10.8. The van der Waals surface area contributed by atoms with E-state index in [0.29, 0.717) is 6.61 Å². The largest absolute Gasteiger partial charge is 0.450 e. The highest BCUT2D eigenvalue weighted by atomic mass is 16.5. The number of amides is 1. The van der Waals surface area contributed by atoms with Gasteiger partial charge in [-0.25, -0.2) is 4.79 Å². The van der Waals surface area contributed by atoms with Crippen LogP contribution < -0.4 is 5.32 Å². The van der Waals surface area contributed by atoms with E-state index in [4.69, 9.17) is 10.00 Å². The Hall–Kier alpha value is -1.24. The van der Waals surface area contributed by atoms with Crippen molar-refractivity contribution >= 4 is 6.09 Å². The van der Waals surface area contributed by atoms with Crippen LogP contribution in [0.4, 0.5) is 4.79 Å². The number of nitriles is 1. The maximum absolute atomic E-state index is 10.8. The Morgan fingerprint density at radius 1 is 1.75 bits per heavy atom. The van der Waals surface area contributed by atoms with E-state index in [1.54, 1.807) is 6.92 Å². The normalized spacial score (nSPS) is 11.4. The highest BCUT2D eigenvalue weighted by Crippen LogP contribution is 1.89. The van der Waals surface area contributed by atoms with E-state index in [-0.39, 0.29) is 0 Å². The molecule has 0 aliphatic carbocycles. The zero-order valence-corrected chi connectivity index (χ0v) is 7.46. The third-order valence-corrected chi connectivity index (χ3v) is 1.26. The molecule has 12 heavy (non-hydrogen) atoms. The Kier molecular flexibility index (Phi) is 5.80. The minimum atomic E-state index is -0.516. The number of nitrogens with one attached hydrogen (secondary N) is 1.